The maximum absolute atomic E-state index is 11.9. The molecule has 0 aromatic heterocycles. The van der Waals surface area contributed by atoms with Crippen LogP contribution in [0.15, 0.2) is 18.2 Å². The molecule has 1 fully saturated rings. The lowest BCUT2D eigenvalue weighted by molar-refractivity contribution is -0.118. The van der Waals surface area contributed by atoms with Gasteiger partial charge in [-0.2, -0.15) is 0 Å². The first-order valence-electron chi connectivity index (χ1n) is 6.47. The number of ketones is 1. The zero-order valence-electron chi connectivity index (χ0n) is 10.8. The minimum atomic E-state index is 0.343. The summed E-state index contributed by atoms with van der Waals surface area (Å²) < 4.78 is 0. The number of aryl methyl sites for hydroxylation is 2. The van der Waals surface area contributed by atoms with Crippen LogP contribution in [0, 0.1) is 13.8 Å². The summed E-state index contributed by atoms with van der Waals surface area (Å²) in [4.78, 5) is 11.9. The lowest BCUT2D eigenvalue weighted by Crippen LogP contribution is -2.21. The minimum absolute atomic E-state index is 0.343. The third kappa shape index (κ3) is 3.67. The Balaban J connectivity index is 1.84. The van der Waals surface area contributed by atoms with E-state index in [0.29, 0.717) is 24.7 Å². The highest BCUT2D eigenvalue weighted by Gasteiger charge is 2.20. The van der Waals surface area contributed by atoms with E-state index in [4.69, 9.17) is 0 Å². The molecule has 2 rings (SSSR count). The molecule has 0 unspecified atom stereocenters. The maximum atomic E-state index is 11.9. The van der Waals surface area contributed by atoms with Crippen molar-refractivity contribution in [1.29, 1.82) is 0 Å². The number of benzene rings is 1. The van der Waals surface area contributed by atoms with Crippen LogP contribution >= 0.6 is 0 Å². The van der Waals surface area contributed by atoms with Gasteiger partial charge < -0.3 is 5.32 Å². The summed E-state index contributed by atoms with van der Waals surface area (Å²) in [6.45, 7) is 5.00. The summed E-state index contributed by atoms with van der Waals surface area (Å²) in [5.74, 6) is 0.343. The van der Waals surface area contributed by atoms with E-state index in [1.807, 2.05) is 6.07 Å². The number of Topliss-reactive ketones (excluding diaryl/α,β-unsaturated/α-hetero) is 1. The van der Waals surface area contributed by atoms with E-state index < -0.39 is 0 Å². The van der Waals surface area contributed by atoms with Crippen LogP contribution in [-0.2, 0) is 11.2 Å². The highest BCUT2D eigenvalue weighted by molar-refractivity contribution is 5.81. The molecule has 1 aromatic carbocycles. The van der Waals surface area contributed by atoms with Crippen LogP contribution < -0.4 is 5.32 Å². The van der Waals surface area contributed by atoms with Crippen molar-refractivity contribution in [3.63, 3.8) is 0 Å². The van der Waals surface area contributed by atoms with Gasteiger partial charge in [0.1, 0.15) is 5.78 Å². The molecule has 0 amide bonds. The van der Waals surface area contributed by atoms with Crippen LogP contribution in [0.2, 0.25) is 0 Å². The van der Waals surface area contributed by atoms with Crippen molar-refractivity contribution < 1.29 is 4.79 Å². The van der Waals surface area contributed by atoms with E-state index in [0.717, 1.165) is 6.54 Å². The number of hydrogen-bond acceptors (Lipinski definition) is 2. The zero-order valence-corrected chi connectivity index (χ0v) is 10.8. The fraction of sp³-hybridized carbons (Fsp3) is 0.533. The van der Waals surface area contributed by atoms with Gasteiger partial charge in [-0.1, -0.05) is 18.2 Å². The number of hydrogen-bond donors (Lipinski definition) is 1. The standard InChI is InChI=1S/C15H21NO/c1-11-4-3-5-12(2)15(11)10-14(17)8-9-16-13-6-7-13/h3-5,13,16H,6-10H2,1-2H3. The largest absolute Gasteiger partial charge is 0.314 e. The SMILES string of the molecule is Cc1cccc(C)c1CC(=O)CCNC1CC1. The molecule has 0 bridgehead atoms. The third-order valence-corrected chi connectivity index (χ3v) is 3.43. The Hall–Kier alpha value is -1.15. The first-order valence-corrected chi connectivity index (χ1v) is 6.47. The van der Waals surface area contributed by atoms with E-state index in [2.05, 4.69) is 31.3 Å². The number of rotatable bonds is 6. The maximum Gasteiger partial charge on any atom is 0.138 e. The summed E-state index contributed by atoms with van der Waals surface area (Å²) in [5, 5.41) is 3.38. The molecular formula is C15H21NO. The van der Waals surface area contributed by atoms with Crippen LogP contribution in [0.5, 0.6) is 0 Å². The fourth-order valence-electron chi connectivity index (χ4n) is 2.12. The molecule has 2 nitrogen and oxygen atoms in total. The molecule has 1 N–H and O–H groups in total. The minimum Gasteiger partial charge on any atom is -0.314 e. The summed E-state index contributed by atoms with van der Waals surface area (Å²) in [7, 11) is 0. The average Bonchev–Trinajstić information content (AvgIpc) is 3.08. The molecule has 0 saturated heterocycles. The normalized spacial score (nSPS) is 14.9. The first kappa shape index (κ1) is 12.3. The molecule has 1 aliphatic rings. The average molecular weight is 231 g/mol. The highest BCUT2D eigenvalue weighted by atomic mass is 16.1. The van der Waals surface area contributed by atoms with Crippen LogP contribution in [0.1, 0.15) is 36.0 Å². The van der Waals surface area contributed by atoms with Gasteiger partial charge in [0.25, 0.3) is 0 Å². The van der Waals surface area contributed by atoms with E-state index in [1.54, 1.807) is 0 Å². The van der Waals surface area contributed by atoms with Gasteiger partial charge in [-0.15, -0.1) is 0 Å². The van der Waals surface area contributed by atoms with Crippen molar-refractivity contribution in [2.24, 2.45) is 0 Å². The van der Waals surface area contributed by atoms with E-state index in [9.17, 15) is 4.79 Å². The molecule has 0 radical (unpaired) electrons. The Bertz CT molecular complexity index is 387. The molecule has 17 heavy (non-hydrogen) atoms. The van der Waals surface area contributed by atoms with Gasteiger partial charge in [-0.25, -0.2) is 0 Å². The molecule has 1 saturated carbocycles. The second-order valence-corrected chi connectivity index (χ2v) is 5.06. The Labute approximate surface area is 103 Å². The predicted octanol–water partition coefficient (Wildman–Crippen LogP) is 2.56. The van der Waals surface area contributed by atoms with Crippen molar-refractivity contribution >= 4 is 5.78 Å². The van der Waals surface area contributed by atoms with Gasteiger partial charge in [0.05, 0.1) is 0 Å². The first-order chi connectivity index (χ1) is 8.16. The number of nitrogens with one attached hydrogen (secondary N) is 1. The smallest absolute Gasteiger partial charge is 0.138 e. The van der Waals surface area contributed by atoms with Gasteiger partial charge in [-0.3, -0.25) is 4.79 Å². The van der Waals surface area contributed by atoms with E-state index >= 15 is 0 Å². The van der Waals surface area contributed by atoms with E-state index in [-0.39, 0.29) is 0 Å². The molecule has 1 aliphatic carbocycles. The van der Waals surface area contributed by atoms with Crippen molar-refractivity contribution in [2.45, 2.75) is 45.6 Å². The molecule has 0 spiro atoms. The summed E-state index contributed by atoms with van der Waals surface area (Å²) >= 11 is 0. The Kier molecular flexibility index (Phi) is 3.95. The van der Waals surface area contributed by atoms with Gasteiger partial charge in [0.2, 0.25) is 0 Å². The van der Waals surface area contributed by atoms with Crippen molar-refractivity contribution in [3.05, 3.63) is 34.9 Å². The highest BCUT2D eigenvalue weighted by Crippen LogP contribution is 2.18. The third-order valence-electron chi connectivity index (χ3n) is 3.43. The Morgan fingerprint density at radius 2 is 1.94 bits per heavy atom. The summed E-state index contributed by atoms with van der Waals surface area (Å²) in [6, 6.07) is 6.91. The van der Waals surface area contributed by atoms with Crippen LogP contribution in [0.4, 0.5) is 0 Å². The second kappa shape index (κ2) is 5.46. The molecule has 0 aliphatic heterocycles. The monoisotopic (exact) mass is 231 g/mol. The molecule has 0 atom stereocenters. The fourth-order valence-corrected chi connectivity index (χ4v) is 2.12. The van der Waals surface area contributed by atoms with Crippen molar-refractivity contribution in [1.82, 2.24) is 5.32 Å². The summed E-state index contributed by atoms with van der Waals surface area (Å²) in [6.07, 6.45) is 3.81. The lowest BCUT2D eigenvalue weighted by Gasteiger charge is -2.09. The van der Waals surface area contributed by atoms with Gasteiger partial charge in [-0.05, 0) is 43.4 Å². The van der Waals surface area contributed by atoms with Crippen LogP contribution in [-0.4, -0.2) is 18.4 Å². The quantitative estimate of drug-likeness (QED) is 0.815. The predicted molar refractivity (Wildman–Crippen MR) is 70.3 cm³/mol. The Morgan fingerprint density at radius 1 is 1.29 bits per heavy atom. The van der Waals surface area contributed by atoms with E-state index in [1.165, 1.54) is 29.5 Å². The van der Waals surface area contributed by atoms with Gasteiger partial charge >= 0.3 is 0 Å². The number of carbonyl (C=O) groups excluding carboxylic acids is 1. The molecule has 0 heterocycles. The zero-order chi connectivity index (χ0) is 12.3. The molecule has 2 heteroatoms. The molecular weight excluding hydrogens is 210 g/mol. The number of carbonyl (C=O) groups is 1. The second-order valence-electron chi connectivity index (χ2n) is 5.06. The Morgan fingerprint density at radius 3 is 2.53 bits per heavy atom. The summed E-state index contributed by atoms with van der Waals surface area (Å²) in [5.41, 5.74) is 3.67. The van der Waals surface area contributed by atoms with Gasteiger partial charge in [0.15, 0.2) is 0 Å². The molecule has 1 aromatic rings. The van der Waals surface area contributed by atoms with Crippen LogP contribution in [0.25, 0.3) is 0 Å². The topological polar surface area (TPSA) is 29.1 Å². The van der Waals surface area contributed by atoms with Crippen LogP contribution in [0.3, 0.4) is 0 Å². The molecule has 92 valence electrons. The lowest BCUT2D eigenvalue weighted by atomic mass is 9.97. The van der Waals surface area contributed by atoms with Crippen molar-refractivity contribution in [3.8, 4) is 0 Å². The van der Waals surface area contributed by atoms with Gasteiger partial charge in [0, 0.05) is 25.4 Å². The van der Waals surface area contributed by atoms with Crippen molar-refractivity contribution in [2.75, 3.05) is 6.54 Å².